The van der Waals surface area contributed by atoms with Gasteiger partial charge in [0, 0.05) is 24.5 Å². The highest BCUT2D eigenvalue weighted by molar-refractivity contribution is 6.30. The third kappa shape index (κ3) is 7.71. The minimum atomic E-state index is -0.558. The summed E-state index contributed by atoms with van der Waals surface area (Å²) in [4.78, 5) is 27.1. The monoisotopic (exact) mass is 430 g/mol. The van der Waals surface area contributed by atoms with Gasteiger partial charge in [0.05, 0.1) is 6.61 Å². The van der Waals surface area contributed by atoms with Gasteiger partial charge in [-0.15, -0.1) is 0 Å². The molecule has 0 bridgehead atoms. The number of hydrogen-bond donors (Lipinski definition) is 1. The SMILES string of the molecule is CCCNC(=O)[C@H](C)N(Cc1ccc(Cl)cc1)C(=O)CCCOc1ccc(C)cc1. The van der Waals surface area contributed by atoms with Crippen LogP contribution in [0.3, 0.4) is 0 Å². The number of ether oxygens (including phenoxy) is 1. The summed E-state index contributed by atoms with van der Waals surface area (Å²) in [6.45, 7) is 7.18. The Morgan fingerprint density at radius 3 is 2.40 bits per heavy atom. The summed E-state index contributed by atoms with van der Waals surface area (Å²) in [5, 5.41) is 3.51. The molecule has 0 aliphatic carbocycles. The van der Waals surface area contributed by atoms with E-state index in [2.05, 4.69) is 5.32 Å². The van der Waals surface area contributed by atoms with Gasteiger partial charge in [-0.05, 0) is 56.5 Å². The van der Waals surface area contributed by atoms with Gasteiger partial charge in [0.25, 0.3) is 0 Å². The van der Waals surface area contributed by atoms with Crippen molar-refractivity contribution in [2.24, 2.45) is 0 Å². The molecule has 0 heterocycles. The molecule has 0 aromatic heterocycles. The highest BCUT2D eigenvalue weighted by Gasteiger charge is 2.25. The minimum absolute atomic E-state index is 0.0726. The Balaban J connectivity index is 1.96. The smallest absolute Gasteiger partial charge is 0.242 e. The number of nitrogens with one attached hydrogen (secondary N) is 1. The largest absolute Gasteiger partial charge is 0.494 e. The maximum absolute atomic E-state index is 13.0. The van der Waals surface area contributed by atoms with Crippen LogP contribution < -0.4 is 10.1 Å². The van der Waals surface area contributed by atoms with Crippen LogP contribution in [0.2, 0.25) is 5.02 Å². The van der Waals surface area contributed by atoms with Gasteiger partial charge in [0.2, 0.25) is 11.8 Å². The van der Waals surface area contributed by atoms with Crippen LogP contribution in [-0.4, -0.2) is 35.9 Å². The molecule has 2 amide bonds. The lowest BCUT2D eigenvalue weighted by molar-refractivity contribution is -0.140. The predicted octanol–water partition coefficient (Wildman–Crippen LogP) is 4.75. The Kier molecular flexibility index (Phi) is 9.68. The van der Waals surface area contributed by atoms with E-state index in [1.807, 2.05) is 50.2 Å². The lowest BCUT2D eigenvalue weighted by Crippen LogP contribution is -2.47. The number of aryl methyl sites for hydroxylation is 1. The molecule has 0 radical (unpaired) electrons. The Labute approximate surface area is 184 Å². The fraction of sp³-hybridized carbons (Fsp3) is 0.417. The van der Waals surface area contributed by atoms with Crippen LogP contribution in [-0.2, 0) is 16.1 Å². The van der Waals surface area contributed by atoms with Crippen molar-refractivity contribution >= 4 is 23.4 Å². The maximum atomic E-state index is 13.0. The molecule has 6 heteroatoms. The summed E-state index contributed by atoms with van der Waals surface area (Å²) < 4.78 is 5.72. The zero-order valence-corrected chi connectivity index (χ0v) is 18.7. The van der Waals surface area contributed by atoms with E-state index in [0.29, 0.717) is 37.6 Å². The first kappa shape index (κ1) is 23.7. The van der Waals surface area contributed by atoms with Crippen molar-refractivity contribution in [1.29, 1.82) is 0 Å². The van der Waals surface area contributed by atoms with Crippen molar-refractivity contribution in [3.05, 3.63) is 64.7 Å². The van der Waals surface area contributed by atoms with Crippen LogP contribution in [0.25, 0.3) is 0 Å². The number of halogens is 1. The summed E-state index contributed by atoms with van der Waals surface area (Å²) in [7, 11) is 0. The zero-order chi connectivity index (χ0) is 21.9. The highest BCUT2D eigenvalue weighted by atomic mass is 35.5. The van der Waals surface area contributed by atoms with Crippen LogP contribution in [0.1, 0.15) is 44.2 Å². The van der Waals surface area contributed by atoms with Crippen molar-refractivity contribution < 1.29 is 14.3 Å². The molecule has 2 rings (SSSR count). The molecule has 0 saturated carbocycles. The van der Waals surface area contributed by atoms with Crippen molar-refractivity contribution in [2.45, 2.75) is 52.6 Å². The van der Waals surface area contributed by atoms with E-state index in [1.54, 1.807) is 24.0 Å². The lowest BCUT2D eigenvalue weighted by Gasteiger charge is -2.29. The van der Waals surface area contributed by atoms with E-state index in [9.17, 15) is 9.59 Å². The van der Waals surface area contributed by atoms with Crippen LogP contribution in [0.4, 0.5) is 0 Å². The molecule has 1 atom stereocenters. The average Bonchev–Trinajstić information content (AvgIpc) is 2.75. The molecule has 2 aromatic carbocycles. The number of rotatable bonds is 11. The number of hydrogen-bond acceptors (Lipinski definition) is 3. The first-order chi connectivity index (χ1) is 14.4. The van der Waals surface area contributed by atoms with Gasteiger partial charge < -0.3 is 15.0 Å². The first-order valence-electron chi connectivity index (χ1n) is 10.4. The van der Waals surface area contributed by atoms with Crippen LogP contribution in [0, 0.1) is 6.92 Å². The molecular weight excluding hydrogens is 400 g/mol. The summed E-state index contributed by atoms with van der Waals surface area (Å²) in [5.41, 5.74) is 2.10. The quantitative estimate of drug-likeness (QED) is 0.523. The molecule has 30 heavy (non-hydrogen) atoms. The molecule has 2 aromatic rings. The van der Waals surface area contributed by atoms with E-state index in [1.165, 1.54) is 5.56 Å². The highest BCUT2D eigenvalue weighted by Crippen LogP contribution is 2.16. The van der Waals surface area contributed by atoms with Gasteiger partial charge in [-0.2, -0.15) is 0 Å². The molecule has 0 aliphatic heterocycles. The topological polar surface area (TPSA) is 58.6 Å². The summed E-state index contributed by atoms with van der Waals surface area (Å²) in [6, 6.07) is 14.6. The van der Waals surface area contributed by atoms with Gasteiger partial charge in [-0.25, -0.2) is 0 Å². The van der Waals surface area contributed by atoms with Gasteiger partial charge in [0.15, 0.2) is 0 Å². The van der Waals surface area contributed by atoms with Gasteiger partial charge in [-0.3, -0.25) is 9.59 Å². The molecule has 1 N–H and O–H groups in total. The van der Waals surface area contributed by atoms with E-state index in [0.717, 1.165) is 17.7 Å². The lowest BCUT2D eigenvalue weighted by atomic mass is 10.1. The van der Waals surface area contributed by atoms with Crippen molar-refractivity contribution in [3.8, 4) is 5.75 Å². The second-order valence-electron chi connectivity index (χ2n) is 7.38. The number of carbonyl (C=O) groups is 2. The third-order valence-electron chi connectivity index (χ3n) is 4.81. The molecule has 0 saturated heterocycles. The van der Waals surface area contributed by atoms with Crippen molar-refractivity contribution in [3.63, 3.8) is 0 Å². The van der Waals surface area contributed by atoms with Crippen LogP contribution in [0.5, 0.6) is 5.75 Å². The third-order valence-corrected chi connectivity index (χ3v) is 5.06. The van der Waals surface area contributed by atoms with E-state index in [-0.39, 0.29) is 11.8 Å². The normalized spacial score (nSPS) is 11.6. The first-order valence-corrected chi connectivity index (χ1v) is 10.8. The summed E-state index contributed by atoms with van der Waals surface area (Å²) in [5.74, 6) is 0.574. The zero-order valence-electron chi connectivity index (χ0n) is 18.0. The fourth-order valence-electron chi connectivity index (χ4n) is 2.96. The van der Waals surface area contributed by atoms with E-state index < -0.39 is 6.04 Å². The number of carbonyl (C=O) groups excluding carboxylic acids is 2. The fourth-order valence-corrected chi connectivity index (χ4v) is 3.08. The van der Waals surface area contributed by atoms with E-state index in [4.69, 9.17) is 16.3 Å². The Morgan fingerprint density at radius 1 is 1.10 bits per heavy atom. The molecule has 0 spiro atoms. The summed E-state index contributed by atoms with van der Waals surface area (Å²) >= 11 is 5.97. The average molecular weight is 431 g/mol. The molecule has 0 aliphatic rings. The molecule has 5 nitrogen and oxygen atoms in total. The Hall–Kier alpha value is -2.53. The second kappa shape index (κ2) is 12.2. The Morgan fingerprint density at radius 2 is 1.77 bits per heavy atom. The van der Waals surface area contributed by atoms with Crippen molar-refractivity contribution in [2.75, 3.05) is 13.2 Å². The standard InChI is InChI=1S/C24H31ClN2O3/c1-4-15-26-24(29)19(3)27(17-20-9-11-21(25)12-10-20)23(28)6-5-16-30-22-13-7-18(2)8-14-22/h7-14,19H,4-6,15-17H2,1-3H3,(H,26,29)/t19-/m0/s1. The van der Waals surface area contributed by atoms with Gasteiger partial charge in [0.1, 0.15) is 11.8 Å². The van der Waals surface area contributed by atoms with Crippen molar-refractivity contribution in [1.82, 2.24) is 10.2 Å². The summed E-state index contributed by atoms with van der Waals surface area (Å²) in [6.07, 6.45) is 1.73. The predicted molar refractivity (Wildman–Crippen MR) is 121 cm³/mol. The molecular formula is C24H31ClN2O3. The van der Waals surface area contributed by atoms with Crippen LogP contribution >= 0.6 is 11.6 Å². The van der Waals surface area contributed by atoms with Gasteiger partial charge in [-0.1, -0.05) is 48.4 Å². The molecule has 0 fully saturated rings. The maximum Gasteiger partial charge on any atom is 0.242 e. The number of amides is 2. The van der Waals surface area contributed by atoms with E-state index >= 15 is 0 Å². The number of benzene rings is 2. The number of nitrogens with zero attached hydrogens (tertiary/aromatic N) is 1. The van der Waals surface area contributed by atoms with Crippen LogP contribution in [0.15, 0.2) is 48.5 Å². The molecule has 0 unspecified atom stereocenters. The van der Waals surface area contributed by atoms with Gasteiger partial charge >= 0.3 is 0 Å². The minimum Gasteiger partial charge on any atom is -0.494 e. The Bertz CT molecular complexity index is 806. The second-order valence-corrected chi connectivity index (χ2v) is 7.82. The molecule has 162 valence electrons.